The van der Waals surface area contributed by atoms with Gasteiger partial charge in [-0.25, -0.2) is 0 Å². The smallest absolute Gasteiger partial charge is 0.0304 e. The SMILES string of the molecule is CCC1(CC)CN(C2C3(C)CCC(C3)C2(C)C)C(C)CN1. The molecule has 2 heteroatoms. The van der Waals surface area contributed by atoms with Gasteiger partial charge < -0.3 is 5.32 Å². The molecule has 2 aliphatic carbocycles. The molecule has 2 bridgehead atoms. The number of hydrogen-bond acceptors (Lipinski definition) is 2. The zero-order chi connectivity index (χ0) is 15.5. The summed E-state index contributed by atoms with van der Waals surface area (Å²) in [5, 5.41) is 3.88. The van der Waals surface area contributed by atoms with Crippen molar-refractivity contribution in [2.24, 2.45) is 16.7 Å². The third-order valence-corrected chi connectivity index (χ3v) is 7.70. The van der Waals surface area contributed by atoms with Gasteiger partial charge in [0, 0.05) is 30.7 Å². The van der Waals surface area contributed by atoms with Gasteiger partial charge in [0.1, 0.15) is 0 Å². The van der Waals surface area contributed by atoms with Crippen molar-refractivity contribution in [2.45, 2.75) is 91.3 Å². The van der Waals surface area contributed by atoms with Crippen molar-refractivity contribution in [3.63, 3.8) is 0 Å². The van der Waals surface area contributed by atoms with E-state index in [1.165, 1.54) is 38.6 Å². The molecule has 4 unspecified atom stereocenters. The number of nitrogens with zero attached hydrogens (tertiary/aromatic N) is 1. The molecule has 3 rings (SSSR count). The topological polar surface area (TPSA) is 15.3 Å². The largest absolute Gasteiger partial charge is 0.308 e. The molecule has 0 amide bonds. The number of rotatable bonds is 3. The monoisotopic (exact) mass is 292 g/mol. The second-order valence-corrected chi connectivity index (χ2v) is 9.21. The van der Waals surface area contributed by atoms with E-state index in [9.17, 15) is 0 Å². The summed E-state index contributed by atoms with van der Waals surface area (Å²) in [5.41, 5.74) is 1.40. The normalized spacial score (nSPS) is 45.1. The Balaban J connectivity index is 1.91. The van der Waals surface area contributed by atoms with Crippen molar-refractivity contribution < 1.29 is 0 Å². The van der Waals surface area contributed by atoms with Gasteiger partial charge in [0.05, 0.1) is 0 Å². The van der Waals surface area contributed by atoms with Crippen molar-refractivity contribution in [3.05, 3.63) is 0 Å². The number of fused-ring (bicyclic) bond motifs is 2. The average molecular weight is 293 g/mol. The first kappa shape index (κ1) is 15.8. The highest BCUT2D eigenvalue weighted by Gasteiger charge is 2.62. The fourth-order valence-corrected chi connectivity index (χ4v) is 6.22. The summed E-state index contributed by atoms with van der Waals surface area (Å²) in [7, 11) is 0. The highest BCUT2D eigenvalue weighted by Crippen LogP contribution is 2.64. The van der Waals surface area contributed by atoms with Crippen LogP contribution in [0.2, 0.25) is 0 Å². The lowest BCUT2D eigenvalue weighted by atomic mass is 9.66. The minimum absolute atomic E-state index is 0.348. The Morgan fingerprint density at radius 1 is 1.14 bits per heavy atom. The van der Waals surface area contributed by atoms with E-state index < -0.39 is 0 Å². The van der Waals surface area contributed by atoms with E-state index in [2.05, 4.69) is 51.8 Å². The Morgan fingerprint density at radius 2 is 1.81 bits per heavy atom. The molecule has 4 atom stereocenters. The lowest BCUT2D eigenvalue weighted by Gasteiger charge is -2.56. The van der Waals surface area contributed by atoms with Crippen LogP contribution >= 0.6 is 0 Å². The Bertz CT molecular complexity index is 394. The maximum Gasteiger partial charge on any atom is 0.0304 e. The molecule has 3 fully saturated rings. The average Bonchev–Trinajstić information content (AvgIpc) is 2.92. The van der Waals surface area contributed by atoms with Gasteiger partial charge in [-0.3, -0.25) is 4.90 Å². The van der Waals surface area contributed by atoms with Crippen LogP contribution < -0.4 is 5.32 Å². The first-order chi connectivity index (χ1) is 9.78. The van der Waals surface area contributed by atoms with Crippen LogP contribution in [0.15, 0.2) is 0 Å². The summed E-state index contributed by atoms with van der Waals surface area (Å²) in [6.45, 7) is 17.3. The zero-order valence-corrected chi connectivity index (χ0v) is 15.1. The van der Waals surface area contributed by atoms with Crippen LogP contribution in [0, 0.1) is 16.7 Å². The molecular formula is C19H36N2. The second kappa shape index (κ2) is 4.96. The Morgan fingerprint density at radius 3 is 2.33 bits per heavy atom. The van der Waals surface area contributed by atoms with E-state index in [1.54, 1.807) is 0 Å². The van der Waals surface area contributed by atoms with Crippen LogP contribution in [0.1, 0.15) is 73.6 Å². The number of hydrogen-bond donors (Lipinski definition) is 1. The van der Waals surface area contributed by atoms with Crippen LogP contribution in [0.5, 0.6) is 0 Å². The summed E-state index contributed by atoms with van der Waals surface area (Å²) in [4.78, 5) is 2.92. The van der Waals surface area contributed by atoms with Gasteiger partial charge in [-0.15, -0.1) is 0 Å². The first-order valence-electron chi connectivity index (χ1n) is 9.29. The molecule has 1 aliphatic heterocycles. The van der Waals surface area contributed by atoms with Gasteiger partial charge in [-0.05, 0) is 55.8 Å². The van der Waals surface area contributed by atoms with Gasteiger partial charge in [-0.2, -0.15) is 0 Å². The third kappa shape index (κ3) is 2.20. The van der Waals surface area contributed by atoms with Gasteiger partial charge in [0.2, 0.25) is 0 Å². The van der Waals surface area contributed by atoms with Gasteiger partial charge in [-0.1, -0.05) is 34.6 Å². The van der Waals surface area contributed by atoms with Crippen molar-refractivity contribution >= 4 is 0 Å². The van der Waals surface area contributed by atoms with E-state index in [1.807, 2.05) is 0 Å². The second-order valence-electron chi connectivity index (χ2n) is 9.21. The quantitative estimate of drug-likeness (QED) is 0.844. The molecular weight excluding hydrogens is 256 g/mol. The summed E-state index contributed by atoms with van der Waals surface area (Å²) in [6.07, 6.45) is 6.88. The maximum atomic E-state index is 3.88. The molecule has 0 radical (unpaired) electrons. The van der Waals surface area contributed by atoms with Crippen molar-refractivity contribution in [1.29, 1.82) is 0 Å². The summed E-state index contributed by atoms with van der Waals surface area (Å²) in [5.74, 6) is 0.951. The predicted molar refractivity (Wildman–Crippen MR) is 90.5 cm³/mol. The third-order valence-electron chi connectivity index (χ3n) is 7.70. The van der Waals surface area contributed by atoms with E-state index >= 15 is 0 Å². The first-order valence-corrected chi connectivity index (χ1v) is 9.29. The standard InChI is InChI=1S/C19H36N2/c1-7-19(8-2)13-21(14(3)12-20-19)16-17(4,5)15-9-10-18(16,6)11-15/h14-16,20H,7-13H2,1-6H3. The summed E-state index contributed by atoms with van der Waals surface area (Å²) in [6, 6.07) is 1.45. The van der Waals surface area contributed by atoms with E-state index in [0.717, 1.165) is 18.5 Å². The fourth-order valence-electron chi connectivity index (χ4n) is 6.22. The van der Waals surface area contributed by atoms with E-state index in [0.29, 0.717) is 22.4 Å². The van der Waals surface area contributed by atoms with Crippen LogP contribution in [0.3, 0.4) is 0 Å². The molecule has 0 aromatic rings. The minimum Gasteiger partial charge on any atom is -0.308 e. The molecule has 1 N–H and O–H groups in total. The van der Waals surface area contributed by atoms with Gasteiger partial charge in [0.25, 0.3) is 0 Å². The summed E-state index contributed by atoms with van der Waals surface area (Å²) >= 11 is 0. The van der Waals surface area contributed by atoms with Gasteiger partial charge >= 0.3 is 0 Å². The number of nitrogens with one attached hydrogen (secondary N) is 1. The summed E-state index contributed by atoms with van der Waals surface area (Å²) < 4.78 is 0. The number of piperazine rings is 1. The molecule has 0 aromatic heterocycles. The van der Waals surface area contributed by atoms with Crippen LogP contribution in [-0.4, -0.2) is 35.6 Å². The minimum atomic E-state index is 0.348. The predicted octanol–water partition coefficient (Wildman–Crippen LogP) is 4.05. The van der Waals surface area contributed by atoms with E-state index in [-0.39, 0.29) is 0 Å². The highest BCUT2D eigenvalue weighted by atomic mass is 15.3. The van der Waals surface area contributed by atoms with E-state index in [4.69, 9.17) is 0 Å². The molecule has 122 valence electrons. The lowest BCUT2D eigenvalue weighted by molar-refractivity contribution is -0.0536. The Kier molecular flexibility index (Phi) is 3.73. The van der Waals surface area contributed by atoms with Gasteiger partial charge in [0.15, 0.2) is 0 Å². The molecule has 0 aromatic carbocycles. The fraction of sp³-hybridized carbons (Fsp3) is 1.00. The van der Waals surface area contributed by atoms with Crippen LogP contribution in [0.25, 0.3) is 0 Å². The van der Waals surface area contributed by atoms with Crippen molar-refractivity contribution in [3.8, 4) is 0 Å². The molecule has 2 nitrogen and oxygen atoms in total. The molecule has 1 saturated heterocycles. The lowest BCUT2D eigenvalue weighted by Crippen LogP contribution is -2.68. The molecule has 0 spiro atoms. The van der Waals surface area contributed by atoms with Crippen LogP contribution in [-0.2, 0) is 0 Å². The maximum absolute atomic E-state index is 3.88. The Labute approximate surface area is 132 Å². The molecule has 21 heavy (non-hydrogen) atoms. The molecule has 3 aliphatic rings. The highest BCUT2D eigenvalue weighted by molar-refractivity contribution is 5.15. The zero-order valence-electron chi connectivity index (χ0n) is 15.1. The van der Waals surface area contributed by atoms with Crippen molar-refractivity contribution in [1.82, 2.24) is 10.2 Å². The molecule has 2 saturated carbocycles. The molecule has 1 heterocycles. The Hall–Kier alpha value is -0.0800. The van der Waals surface area contributed by atoms with Crippen LogP contribution in [0.4, 0.5) is 0 Å². The van der Waals surface area contributed by atoms with Crippen molar-refractivity contribution in [2.75, 3.05) is 13.1 Å².